The predicted octanol–water partition coefficient (Wildman–Crippen LogP) is 3.26. The molecule has 0 aliphatic heterocycles. The summed E-state index contributed by atoms with van der Waals surface area (Å²) >= 11 is 4.97. The Morgan fingerprint density at radius 2 is 2.12 bits per heavy atom. The van der Waals surface area contributed by atoms with Crippen molar-refractivity contribution >= 4 is 12.2 Å². The molecular formula is C12H11FN2OS. The average Bonchev–Trinajstić information content (AvgIpc) is 2.27. The summed E-state index contributed by atoms with van der Waals surface area (Å²) in [4.78, 5) is 6.98. The maximum Gasteiger partial charge on any atom is 0.197 e. The molecule has 1 N–H and O–H groups in total. The normalized spacial score (nSPS) is 10.3. The van der Waals surface area contributed by atoms with E-state index in [0.717, 1.165) is 5.69 Å². The molecular weight excluding hydrogens is 239 g/mol. The standard InChI is InChI=1S/C12H11FN2OS/c1-7-5-11(15-12(17)14-7)9-4-3-8(16-2)6-10(9)13/h3-6H,1-2H3,(H,14,15,17). The van der Waals surface area contributed by atoms with Crippen LogP contribution >= 0.6 is 12.2 Å². The molecule has 0 radical (unpaired) electrons. The number of nitrogens with zero attached hydrogens (tertiary/aromatic N) is 1. The third kappa shape index (κ3) is 2.50. The lowest BCUT2D eigenvalue weighted by Crippen LogP contribution is -1.93. The van der Waals surface area contributed by atoms with Crippen molar-refractivity contribution in [2.45, 2.75) is 6.92 Å². The number of nitrogens with one attached hydrogen (secondary N) is 1. The second-order valence-electron chi connectivity index (χ2n) is 3.60. The van der Waals surface area contributed by atoms with Gasteiger partial charge in [0, 0.05) is 17.3 Å². The number of hydrogen-bond acceptors (Lipinski definition) is 3. The molecule has 1 heterocycles. The number of aromatic amines is 1. The molecule has 88 valence electrons. The number of rotatable bonds is 2. The minimum absolute atomic E-state index is 0.343. The molecule has 0 aliphatic carbocycles. The van der Waals surface area contributed by atoms with Crippen LogP contribution in [0.25, 0.3) is 11.3 Å². The highest BCUT2D eigenvalue weighted by Crippen LogP contribution is 2.24. The molecule has 5 heteroatoms. The van der Waals surface area contributed by atoms with Crippen molar-refractivity contribution in [3.05, 3.63) is 40.5 Å². The third-order valence-electron chi connectivity index (χ3n) is 2.33. The van der Waals surface area contributed by atoms with Crippen LogP contribution in [-0.4, -0.2) is 17.1 Å². The van der Waals surface area contributed by atoms with Crippen LogP contribution in [0.4, 0.5) is 4.39 Å². The van der Waals surface area contributed by atoms with Gasteiger partial charge in [0.25, 0.3) is 0 Å². The third-order valence-corrected chi connectivity index (χ3v) is 2.52. The van der Waals surface area contributed by atoms with E-state index in [1.807, 2.05) is 6.92 Å². The summed E-state index contributed by atoms with van der Waals surface area (Å²) in [6.07, 6.45) is 0. The van der Waals surface area contributed by atoms with Crippen molar-refractivity contribution in [3.63, 3.8) is 0 Å². The zero-order valence-corrected chi connectivity index (χ0v) is 10.3. The molecule has 1 aromatic carbocycles. The Morgan fingerprint density at radius 1 is 1.35 bits per heavy atom. The van der Waals surface area contributed by atoms with E-state index in [1.165, 1.54) is 13.2 Å². The van der Waals surface area contributed by atoms with Crippen LogP contribution in [0, 0.1) is 17.5 Å². The number of ether oxygens (including phenoxy) is 1. The molecule has 0 spiro atoms. The van der Waals surface area contributed by atoms with Gasteiger partial charge in [-0.3, -0.25) is 0 Å². The van der Waals surface area contributed by atoms with E-state index in [-0.39, 0.29) is 5.82 Å². The van der Waals surface area contributed by atoms with E-state index in [2.05, 4.69) is 9.97 Å². The van der Waals surface area contributed by atoms with Crippen molar-refractivity contribution in [2.24, 2.45) is 0 Å². The Balaban J connectivity index is 2.56. The van der Waals surface area contributed by atoms with Gasteiger partial charge in [0.05, 0.1) is 12.8 Å². The first-order chi connectivity index (χ1) is 8.10. The fourth-order valence-electron chi connectivity index (χ4n) is 1.55. The summed E-state index contributed by atoms with van der Waals surface area (Å²) in [6, 6.07) is 6.40. The van der Waals surface area contributed by atoms with E-state index in [1.54, 1.807) is 18.2 Å². The van der Waals surface area contributed by atoms with Crippen LogP contribution in [-0.2, 0) is 0 Å². The van der Waals surface area contributed by atoms with Crippen LogP contribution in [0.2, 0.25) is 0 Å². The largest absolute Gasteiger partial charge is 0.497 e. The maximum absolute atomic E-state index is 13.8. The molecule has 1 aromatic heterocycles. The van der Waals surface area contributed by atoms with E-state index in [9.17, 15) is 4.39 Å². The second-order valence-corrected chi connectivity index (χ2v) is 3.99. The van der Waals surface area contributed by atoms with E-state index in [0.29, 0.717) is 21.8 Å². The predicted molar refractivity (Wildman–Crippen MR) is 66.1 cm³/mol. The van der Waals surface area contributed by atoms with Gasteiger partial charge in [0.15, 0.2) is 4.77 Å². The first kappa shape index (κ1) is 11.7. The molecule has 0 saturated carbocycles. The monoisotopic (exact) mass is 250 g/mol. The van der Waals surface area contributed by atoms with Crippen LogP contribution < -0.4 is 4.74 Å². The van der Waals surface area contributed by atoms with Gasteiger partial charge in [-0.2, -0.15) is 0 Å². The molecule has 2 rings (SSSR count). The van der Waals surface area contributed by atoms with Crippen molar-refractivity contribution < 1.29 is 9.13 Å². The van der Waals surface area contributed by atoms with Crippen molar-refractivity contribution in [1.29, 1.82) is 0 Å². The highest BCUT2D eigenvalue weighted by atomic mass is 32.1. The summed E-state index contributed by atoms with van der Waals surface area (Å²) in [5.41, 5.74) is 1.77. The maximum atomic E-state index is 13.8. The number of H-pyrrole nitrogens is 1. The minimum Gasteiger partial charge on any atom is -0.497 e. The smallest absolute Gasteiger partial charge is 0.197 e. The molecule has 17 heavy (non-hydrogen) atoms. The van der Waals surface area contributed by atoms with Gasteiger partial charge < -0.3 is 9.72 Å². The number of aryl methyl sites for hydroxylation is 1. The first-order valence-corrected chi connectivity index (χ1v) is 5.43. The summed E-state index contributed by atoms with van der Waals surface area (Å²) in [5.74, 6) is 0.0981. The van der Waals surface area contributed by atoms with Gasteiger partial charge in [-0.25, -0.2) is 9.37 Å². The number of halogens is 1. The van der Waals surface area contributed by atoms with Gasteiger partial charge in [-0.05, 0) is 37.3 Å². The fourth-order valence-corrected chi connectivity index (χ4v) is 1.81. The highest BCUT2D eigenvalue weighted by molar-refractivity contribution is 7.71. The molecule has 0 fully saturated rings. The number of aromatic nitrogens is 2. The molecule has 0 saturated heterocycles. The van der Waals surface area contributed by atoms with E-state index >= 15 is 0 Å². The molecule has 0 aliphatic rings. The number of methoxy groups -OCH3 is 1. The van der Waals surface area contributed by atoms with Crippen LogP contribution in [0.15, 0.2) is 24.3 Å². The van der Waals surface area contributed by atoms with E-state index in [4.69, 9.17) is 17.0 Å². The second kappa shape index (κ2) is 4.63. The molecule has 2 aromatic rings. The Kier molecular flexibility index (Phi) is 3.19. The number of hydrogen-bond donors (Lipinski definition) is 1. The van der Waals surface area contributed by atoms with E-state index < -0.39 is 0 Å². The molecule has 0 bridgehead atoms. The SMILES string of the molecule is COc1ccc(-c2cc(C)[nH]c(=S)n2)c(F)c1. The molecule has 0 unspecified atom stereocenters. The summed E-state index contributed by atoms with van der Waals surface area (Å²) in [7, 11) is 1.50. The van der Waals surface area contributed by atoms with Gasteiger partial charge in [0.2, 0.25) is 0 Å². The first-order valence-electron chi connectivity index (χ1n) is 5.02. The quantitative estimate of drug-likeness (QED) is 0.831. The Bertz CT molecular complexity index is 610. The summed E-state index contributed by atoms with van der Waals surface area (Å²) in [6.45, 7) is 1.85. The van der Waals surface area contributed by atoms with Crippen molar-refractivity contribution in [1.82, 2.24) is 9.97 Å². The molecule has 0 atom stereocenters. The molecule has 0 amide bonds. The average molecular weight is 250 g/mol. The zero-order chi connectivity index (χ0) is 12.4. The van der Waals surface area contributed by atoms with Crippen LogP contribution in [0.1, 0.15) is 5.69 Å². The summed E-state index contributed by atoms with van der Waals surface area (Å²) in [5, 5.41) is 0. The lowest BCUT2D eigenvalue weighted by Gasteiger charge is -2.05. The summed E-state index contributed by atoms with van der Waals surface area (Å²) < 4.78 is 19.1. The van der Waals surface area contributed by atoms with Crippen LogP contribution in [0.5, 0.6) is 5.75 Å². The van der Waals surface area contributed by atoms with Gasteiger partial charge in [-0.15, -0.1) is 0 Å². The van der Waals surface area contributed by atoms with Crippen LogP contribution in [0.3, 0.4) is 0 Å². The lowest BCUT2D eigenvalue weighted by molar-refractivity contribution is 0.411. The molecule has 3 nitrogen and oxygen atoms in total. The van der Waals surface area contributed by atoms with Gasteiger partial charge >= 0.3 is 0 Å². The Morgan fingerprint density at radius 3 is 2.71 bits per heavy atom. The number of benzene rings is 1. The van der Waals surface area contributed by atoms with Gasteiger partial charge in [0.1, 0.15) is 11.6 Å². The van der Waals surface area contributed by atoms with Crippen molar-refractivity contribution in [3.8, 4) is 17.0 Å². The topological polar surface area (TPSA) is 37.9 Å². The minimum atomic E-state index is -0.378. The Hall–Kier alpha value is -1.75. The lowest BCUT2D eigenvalue weighted by atomic mass is 10.1. The highest BCUT2D eigenvalue weighted by Gasteiger charge is 2.08. The van der Waals surface area contributed by atoms with Gasteiger partial charge in [-0.1, -0.05) is 0 Å². The zero-order valence-electron chi connectivity index (χ0n) is 9.45. The Labute approximate surface area is 103 Å². The van der Waals surface area contributed by atoms with Crippen molar-refractivity contribution in [2.75, 3.05) is 7.11 Å². The fraction of sp³-hybridized carbons (Fsp3) is 0.167.